The summed E-state index contributed by atoms with van der Waals surface area (Å²) in [4.78, 5) is 11.4. The Labute approximate surface area is 165 Å². The first kappa shape index (κ1) is 22.4. The Hall–Kier alpha value is 0.130. The lowest BCUT2D eigenvalue weighted by Crippen LogP contribution is -2.64. The van der Waals surface area contributed by atoms with Crippen LogP contribution in [0.5, 0.6) is 0 Å². The number of hydrogen-bond acceptors (Lipinski definition) is 7. The molecule has 152 valence electrons. The lowest BCUT2D eigenvalue weighted by atomic mass is 9.95. The maximum absolute atomic E-state index is 12.5. The monoisotopic (exact) mass is 434 g/mol. The van der Waals surface area contributed by atoms with E-state index in [1.165, 1.54) is 0 Å². The third kappa shape index (κ3) is 5.14. The first-order chi connectivity index (χ1) is 12.3. The zero-order chi connectivity index (χ0) is 19.4. The minimum Gasteiger partial charge on any atom is -0.388 e. The van der Waals surface area contributed by atoms with Gasteiger partial charge in [-0.15, -0.1) is 35.0 Å². The highest BCUT2D eigenvalue weighted by atomic mass is 35.5. The number of rotatable bonds is 7. The van der Waals surface area contributed by atoms with Gasteiger partial charge < -0.3 is 30.7 Å². The third-order valence-corrected chi connectivity index (χ3v) is 6.23. The number of carbonyl (C=O) groups is 1. The average Bonchev–Trinajstić information content (AvgIpc) is 3.07. The lowest BCUT2D eigenvalue weighted by molar-refractivity contribution is -0.204. The van der Waals surface area contributed by atoms with Crippen molar-refractivity contribution in [1.29, 1.82) is 0 Å². The molecule has 0 radical (unpaired) electrons. The quantitative estimate of drug-likeness (QED) is 0.352. The van der Waals surface area contributed by atoms with Gasteiger partial charge in [-0.2, -0.15) is 0 Å². The van der Waals surface area contributed by atoms with E-state index in [4.69, 9.17) is 27.9 Å². The Morgan fingerprint density at radius 2 is 2.04 bits per heavy atom. The molecule has 2 aliphatic rings. The number of thioether (sulfide) groups is 1. The van der Waals surface area contributed by atoms with Crippen molar-refractivity contribution in [3.05, 3.63) is 0 Å². The Bertz CT molecular complexity index is 479. The normalized spacial score (nSPS) is 39.2. The van der Waals surface area contributed by atoms with Crippen LogP contribution in [0.15, 0.2) is 0 Å². The van der Waals surface area contributed by atoms with Gasteiger partial charge in [-0.3, -0.25) is 9.18 Å². The topological polar surface area (TPSA) is 111 Å². The van der Waals surface area contributed by atoms with Crippen LogP contribution in [-0.2, 0) is 9.53 Å². The van der Waals surface area contributed by atoms with Crippen LogP contribution >= 0.6 is 35.0 Å². The summed E-state index contributed by atoms with van der Waals surface area (Å²) < 4.78 is 18.1. The van der Waals surface area contributed by atoms with E-state index < -0.39 is 53.4 Å². The second-order valence-electron chi connectivity index (χ2n) is 6.59. The van der Waals surface area contributed by atoms with E-state index in [0.29, 0.717) is 19.4 Å². The lowest BCUT2D eigenvalue weighted by Gasteiger charge is -2.43. The van der Waals surface area contributed by atoms with Crippen LogP contribution in [-0.4, -0.2) is 87.5 Å². The van der Waals surface area contributed by atoms with E-state index in [0.717, 1.165) is 11.8 Å². The summed E-state index contributed by atoms with van der Waals surface area (Å²) in [6.45, 7) is 0.104. The number of nitrogens with one attached hydrogen (secondary N) is 2. The van der Waals surface area contributed by atoms with Crippen molar-refractivity contribution in [2.45, 2.75) is 59.6 Å². The van der Waals surface area contributed by atoms with Crippen molar-refractivity contribution >= 4 is 40.9 Å². The Morgan fingerprint density at radius 3 is 2.62 bits per heavy atom. The maximum Gasteiger partial charge on any atom is 0.237 e. The van der Waals surface area contributed by atoms with Gasteiger partial charge in [0.15, 0.2) is 0 Å². The van der Waals surface area contributed by atoms with E-state index in [2.05, 4.69) is 10.6 Å². The number of halogens is 3. The zero-order valence-corrected chi connectivity index (χ0v) is 16.6. The predicted molar refractivity (Wildman–Crippen MR) is 98.1 cm³/mol. The Morgan fingerprint density at radius 1 is 1.35 bits per heavy atom. The molecule has 5 N–H and O–H groups in total. The number of hydrogen-bond donors (Lipinski definition) is 5. The summed E-state index contributed by atoms with van der Waals surface area (Å²) in [7, 11) is 0. The van der Waals surface area contributed by atoms with Gasteiger partial charge in [-0.25, -0.2) is 0 Å². The number of amides is 1. The zero-order valence-electron chi connectivity index (χ0n) is 14.2. The third-order valence-electron chi connectivity index (χ3n) is 4.83. The highest BCUT2D eigenvalue weighted by Crippen LogP contribution is 2.31. The van der Waals surface area contributed by atoms with Gasteiger partial charge in [-0.05, 0) is 31.6 Å². The number of aliphatic hydroxyl groups is 3. The van der Waals surface area contributed by atoms with Crippen molar-refractivity contribution in [3.63, 3.8) is 0 Å². The van der Waals surface area contributed by atoms with E-state index >= 15 is 0 Å². The molecule has 8 atom stereocenters. The van der Waals surface area contributed by atoms with Crippen LogP contribution in [0.1, 0.15) is 12.8 Å². The molecule has 2 heterocycles. The van der Waals surface area contributed by atoms with Gasteiger partial charge in [0.05, 0.1) is 18.8 Å². The molecule has 0 unspecified atom stereocenters. The largest absolute Gasteiger partial charge is 0.388 e. The van der Waals surface area contributed by atoms with Crippen molar-refractivity contribution in [2.75, 3.05) is 19.5 Å². The summed E-state index contributed by atoms with van der Waals surface area (Å²) in [5.74, 6) is -0.314. The molecule has 2 saturated heterocycles. The van der Waals surface area contributed by atoms with Gasteiger partial charge in [0, 0.05) is 0 Å². The SMILES string of the molecule is CS[C@@H]1O[C@H]([C@@H](NC(=O)[C@@H]2C[C@H](CCF)CN2)C(Cl)Cl)[C@H](O)[C@H](O)[C@@H]1O. The fourth-order valence-electron chi connectivity index (χ4n) is 3.30. The van der Waals surface area contributed by atoms with E-state index in [1.807, 2.05) is 0 Å². The number of carbonyl (C=O) groups excluding carboxylic acids is 1. The van der Waals surface area contributed by atoms with Gasteiger partial charge in [0.25, 0.3) is 0 Å². The molecule has 26 heavy (non-hydrogen) atoms. The van der Waals surface area contributed by atoms with Gasteiger partial charge >= 0.3 is 0 Å². The highest BCUT2D eigenvalue weighted by molar-refractivity contribution is 7.99. The molecule has 11 heteroatoms. The summed E-state index contributed by atoms with van der Waals surface area (Å²) in [6, 6.07) is -1.52. The van der Waals surface area contributed by atoms with Crippen molar-refractivity contribution in [3.8, 4) is 0 Å². The molecule has 2 fully saturated rings. The first-order valence-corrected chi connectivity index (χ1v) is 10.6. The van der Waals surface area contributed by atoms with Crippen LogP contribution in [0.25, 0.3) is 0 Å². The molecule has 2 aliphatic heterocycles. The second kappa shape index (κ2) is 10.1. The molecule has 0 aromatic heterocycles. The molecule has 0 aromatic rings. The van der Waals surface area contributed by atoms with Gasteiger partial charge in [-0.1, -0.05) is 0 Å². The molecule has 2 rings (SSSR count). The second-order valence-corrected chi connectivity index (χ2v) is 8.69. The Balaban J connectivity index is 2.05. The first-order valence-electron chi connectivity index (χ1n) is 8.40. The van der Waals surface area contributed by atoms with E-state index in [-0.39, 0.29) is 11.8 Å². The fourth-order valence-corrected chi connectivity index (χ4v) is 4.39. The summed E-state index contributed by atoms with van der Waals surface area (Å²) >= 11 is 13.1. The average molecular weight is 435 g/mol. The minimum absolute atomic E-state index is 0.0753. The van der Waals surface area contributed by atoms with Crippen molar-refractivity contribution in [1.82, 2.24) is 10.6 Å². The number of aliphatic hydroxyl groups excluding tert-OH is 3. The van der Waals surface area contributed by atoms with Crippen molar-refractivity contribution < 1.29 is 29.2 Å². The molecule has 0 bridgehead atoms. The van der Waals surface area contributed by atoms with E-state index in [9.17, 15) is 24.5 Å². The smallest absolute Gasteiger partial charge is 0.237 e. The van der Waals surface area contributed by atoms with Crippen LogP contribution < -0.4 is 10.6 Å². The molecule has 0 aromatic carbocycles. The molecule has 0 saturated carbocycles. The standard InChI is InChI=1S/C15H25Cl2FN2O5S/c1-26-15-11(23)9(21)10(22)12(25-15)8(13(16)17)20-14(24)7-4-6(2-3-18)5-19-7/h6-13,15,19,21-23H,2-5H2,1H3,(H,20,24)/t6-,7-,8+,9-,10+,11-,12+,15-/m0/s1. The minimum atomic E-state index is -1.48. The van der Waals surface area contributed by atoms with Crippen LogP contribution in [0.2, 0.25) is 0 Å². The molecular formula is C15H25Cl2FN2O5S. The molecule has 0 aliphatic carbocycles. The van der Waals surface area contributed by atoms with Gasteiger partial charge in [0.2, 0.25) is 5.91 Å². The van der Waals surface area contributed by atoms with E-state index in [1.54, 1.807) is 6.26 Å². The summed E-state index contributed by atoms with van der Waals surface area (Å²) in [6.07, 6.45) is -2.77. The number of ether oxygens (including phenoxy) is 1. The molecule has 7 nitrogen and oxygen atoms in total. The molecule has 0 spiro atoms. The fraction of sp³-hybridized carbons (Fsp3) is 0.933. The predicted octanol–water partition coefficient (Wildman–Crippen LogP) is -0.217. The van der Waals surface area contributed by atoms with Crippen LogP contribution in [0.3, 0.4) is 0 Å². The van der Waals surface area contributed by atoms with Gasteiger partial charge in [0.1, 0.15) is 34.7 Å². The molecular weight excluding hydrogens is 410 g/mol. The van der Waals surface area contributed by atoms with Crippen LogP contribution in [0.4, 0.5) is 4.39 Å². The Kier molecular flexibility index (Phi) is 8.68. The van der Waals surface area contributed by atoms with Crippen molar-refractivity contribution in [2.24, 2.45) is 5.92 Å². The van der Waals surface area contributed by atoms with Crippen LogP contribution in [0, 0.1) is 5.92 Å². The summed E-state index contributed by atoms with van der Waals surface area (Å²) in [5.41, 5.74) is -0.802. The number of alkyl halides is 3. The molecule has 1 amide bonds. The highest BCUT2D eigenvalue weighted by Gasteiger charge is 2.48. The summed E-state index contributed by atoms with van der Waals surface area (Å²) in [5, 5.41) is 35.9. The maximum atomic E-state index is 12.5.